The van der Waals surface area contributed by atoms with Crippen molar-refractivity contribution in [3.63, 3.8) is 0 Å². The van der Waals surface area contributed by atoms with Gasteiger partial charge in [0.1, 0.15) is 0 Å². The summed E-state index contributed by atoms with van der Waals surface area (Å²) in [4.78, 5) is 21.2. The first-order chi connectivity index (χ1) is 5.61. The van der Waals surface area contributed by atoms with Crippen molar-refractivity contribution in [2.75, 3.05) is 0 Å². The highest BCUT2D eigenvalue weighted by molar-refractivity contribution is 7.08. The molecule has 0 amide bonds. The minimum Gasteiger partial charge on any atom is -0.418 e. The third-order valence-electron chi connectivity index (χ3n) is 1.07. The molecule has 3 nitrogen and oxygen atoms in total. The zero-order valence-corrected chi connectivity index (χ0v) is 7.74. The minimum atomic E-state index is -0.893. The number of esters is 1. The molecule has 0 radical (unpaired) electrons. The van der Waals surface area contributed by atoms with Gasteiger partial charge in [-0.25, -0.2) is 4.79 Å². The van der Waals surface area contributed by atoms with Crippen LogP contribution in [0.25, 0.3) is 0 Å². The van der Waals surface area contributed by atoms with Gasteiger partial charge in [0.05, 0.1) is 5.02 Å². The van der Waals surface area contributed by atoms with Crippen LogP contribution in [-0.4, -0.2) is 11.8 Å². The summed E-state index contributed by atoms with van der Waals surface area (Å²) in [5.41, 5.74) is 0. The Bertz CT molecular complexity index is 318. The molecule has 64 valence electrons. The lowest BCUT2D eigenvalue weighted by atomic mass is 10.4. The fourth-order valence-electron chi connectivity index (χ4n) is 0.514. The largest absolute Gasteiger partial charge is 0.418 e. The Morgan fingerprint density at radius 3 is 2.58 bits per heavy atom. The van der Waals surface area contributed by atoms with Gasteiger partial charge in [-0.2, -0.15) is 0 Å². The SMILES string of the molecule is CC(=O)C(=O)Oc1cscc1Cl. The molecule has 0 aliphatic rings. The second-order valence-electron chi connectivity index (χ2n) is 2.03. The van der Waals surface area contributed by atoms with Gasteiger partial charge in [0.25, 0.3) is 0 Å². The first-order valence-corrected chi connectivity index (χ1v) is 4.38. The number of ketones is 1. The third kappa shape index (κ3) is 2.06. The van der Waals surface area contributed by atoms with Gasteiger partial charge in [0.15, 0.2) is 5.75 Å². The quantitative estimate of drug-likeness (QED) is 0.546. The number of carbonyl (C=O) groups is 2. The molecule has 12 heavy (non-hydrogen) atoms. The molecule has 1 aromatic heterocycles. The predicted molar refractivity (Wildman–Crippen MR) is 45.6 cm³/mol. The first kappa shape index (κ1) is 9.22. The number of carbonyl (C=O) groups excluding carboxylic acids is 2. The maximum Gasteiger partial charge on any atom is 0.379 e. The second-order valence-corrected chi connectivity index (χ2v) is 3.18. The molecule has 0 aliphatic carbocycles. The smallest absolute Gasteiger partial charge is 0.379 e. The van der Waals surface area contributed by atoms with Crippen LogP contribution in [0.2, 0.25) is 5.02 Å². The number of halogens is 1. The van der Waals surface area contributed by atoms with Crippen molar-refractivity contribution in [1.82, 2.24) is 0 Å². The molecule has 0 unspecified atom stereocenters. The number of rotatable bonds is 2. The normalized spacial score (nSPS) is 9.50. The van der Waals surface area contributed by atoms with Crippen molar-refractivity contribution < 1.29 is 14.3 Å². The fraction of sp³-hybridized carbons (Fsp3) is 0.143. The molecular weight excluding hydrogens is 200 g/mol. The molecule has 0 atom stereocenters. The number of thiophene rings is 1. The topological polar surface area (TPSA) is 43.4 Å². The Labute approximate surface area is 77.9 Å². The van der Waals surface area contributed by atoms with Crippen LogP contribution in [0.15, 0.2) is 10.8 Å². The summed E-state index contributed by atoms with van der Waals surface area (Å²) in [6.07, 6.45) is 0. The molecular formula is C7H5ClO3S. The Balaban J connectivity index is 2.71. The van der Waals surface area contributed by atoms with Gasteiger partial charge >= 0.3 is 5.97 Å². The van der Waals surface area contributed by atoms with Crippen LogP contribution >= 0.6 is 22.9 Å². The van der Waals surface area contributed by atoms with Gasteiger partial charge in [-0.15, -0.1) is 11.3 Å². The van der Waals surface area contributed by atoms with E-state index >= 15 is 0 Å². The van der Waals surface area contributed by atoms with Crippen molar-refractivity contribution >= 4 is 34.7 Å². The van der Waals surface area contributed by atoms with Crippen LogP contribution in [0.1, 0.15) is 6.92 Å². The average molecular weight is 205 g/mol. The summed E-state index contributed by atoms with van der Waals surface area (Å²) < 4.78 is 4.64. The number of hydrogen-bond acceptors (Lipinski definition) is 4. The number of ether oxygens (including phenoxy) is 1. The van der Waals surface area contributed by atoms with Gasteiger partial charge in [0, 0.05) is 17.7 Å². The Kier molecular flexibility index (Phi) is 2.83. The molecule has 0 fully saturated rings. The molecule has 0 aliphatic heterocycles. The predicted octanol–water partition coefficient (Wildman–Crippen LogP) is 1.90. The summed E-state index contributed by atoms with van der Waals surface area (Å²) >= 11 is 6.91. The fourth-order valence-corrected chi connectivity index (χ4v) is 1.43. The zero-order chi connectivity index (χ0) is 9.14. The van der Waals surface area contributed by atoms with E-state index in [9.17, 15) is 9.59 Å². The number of hydrogen-bond donors (Lipinski definition) is 0. The van der Waals surface area contributed by atoms with Gasteiger partial charge in [0.2, 0.25) is 5.78 Å². The Morgan fingerprint density at radius 1 is 1.50 bits per heavy atom. The standard InChI is InChI=1S/C7H5ClO3S/c1-4(9)7(10)11-6-3-12-2-5(6)8/h2-3H,1H3. The number of Topliss-reactive ketones (excluding diaryl/α,β-unsaturated/α-hetero) is 1. The highest BCUT2D eigenvalue weighted by atomic mass is 35.5. The molecule has 0 spiro atoms. The molecule has 1 rings (SSSR count). The average Bonchev–Trinajstić information content (AvgIpc) is 2.36. The van der Waals surface area contributed by atoms with Crippen molar-refractivity contribution in [3.05, 3.63) is 15.8 Å². The Hall–Kier alpha value is -0.870. The monoisotopic (exact) mass is 204 g/mol. The molecule has 5 heteroatoms. The van der Waals surface area contributed by atoms with Crippen LogP contribution in [0, 0.1) is 0 Å². The summed E-state index contributed by atoms with van der Waals surface area (Å²) in [6, 6.07) is 0. The van der Waals surface area contributed by atoms with E-state index in [2.05, 4.69) is 4.74 Å². The van der Waals surface area contributed by atoms with Crippen LogP contribution < -0.4 is 4.74 Å². The molecule has 0 saturated carbocycles. The maximum absolute atomic E-state index is 10.7. The molecule has 1 aromatic rings. The molecule has 0 saturated heterocycles. The second kappa shape index (κ2) is 3.69. The van der Waals surface area contributed by atoms with Gasteiger partial charge in [-0.3, -0.25) is 4.79 Å². The van der Waals surface area contributed by atoms with E-state index in [1.54, 1.807) is 10.8 Å². The summed E-state index contributed by atoms with van der Waals surface area (Å²) in [5.74, 6) is -1.30. The third-order valence-corrected chi connectivity index (χ3v) is 2.22. The van der Waals surface area contributed by atoms with Crippen LogP contribution in [-0.2, 0) is 9.59 Å². The first-order valence-electron chi connectivity index (χ1n) is 3.05. The van der Waals surface area contributed by atoms with Gasteiger partial charge in [-0.05, 0) is 0 Å². The van der Waals surface area contributed by atoms with E-state index in [1.165, 1.54) is 11.3 Å². The van der Waals surface area contributed by atoms with E-state index in [-0.39, 0.29) is 5.75 Å². The van der Waals surface area contributed by atoms with E-state index < -0.39 is 11.8 Å². The minimum absolute atomic E-state index is 0.238. The molecule has 1 heterocycles. The van der Waals surface area contributed by atoms with E-state index in [0.29, 0.717) is 5.02 Å². The van der Waals surface area contributed by atoms with Crippen molar-refractivity contribution in [3.8, 4) is 5.75 Å². The summed E-state index contributed by atoms with van der Waals surface area (Å²) in [5, 5.41) is 3.52. The molecule has 0 bridgehead atoms. The lowest BCUT2D eigenvalue weighted by Gasteiger charge is -1.97. The van der Waals surface area contributed by atoms with E-state index in [4.69, 9.17) is 11.6 Å². The highest BCUT2D eigenvalue weighted by Gasteiger charge is 2.12. The van der Waals surface area contributed by atoms with Crippen molar-refractivity contribution in [2.24, 2.45) is 0 Å². The van der Waals surface area contributed by atoms with Crippen molar-refractivity contribution in [2.45, 2.75) is 6.92 Å². The van der Waals surface area contributed by atoms with Gasteiger partial charge < -0.3 is 4.74 Å². The highest BCUT2D eigenvalue weighted by Crippen LogP contribution is 2.28. The zero-order valence-electron chi connectivity index (χ0n) is 6.17. The van der Waals surface area contributed by atoms with E-state index in [0.717, 1.165) is 6.92 Å². The molecule has 0 aromatic carbocycles. The van der Waals surface area contributed by atoms with Crippen LogP contribution in [0.3, 0.4) is 0 Å². The van der Waals surface area contributed by atoms with E-state index in [1.807, 2.05) is 0 Å². The summed E-state index contributed by atoms with van der Waals surface area (Å²) in [6.45, 7) is 1.14. The van der Waals surface area contributed by atoms with Crippen LogP contribution in [0.5, 0.6) is 5.75 Å². The van der Waals surface area contributed by atoms with Gasteiger partial charge in [-0.1, -0.05) is 11.6 Å². The summed E-state index contributed by atoms with van der Waals surface area (Å²) in [7, 11) is 0. The van der Waals surface area contributed by atoms with Crippen molar-refractivity contribution in [1.29, 1.82) is 0 Å². The lowest BCUT2D eigenvalue weighted by Crippen LogP contribution is -2.16. The lowest BCUT2D eigenvalue weighted by molar-refractivity contribution is -0.146. The molecule has 0 N–H and O–H groups in total. The Morgan fingerprint density at radius 2 is 2.17 bits per heavy atom. The maximum atomic E-state index is 10.7. The van der Waals surface area contributed by atoms with Crippen LogP contribution in [0.4, 0.5) is 0 Å².